The molecule has 0 radical (unpaired) electrons. The fraction of sp³-hybridized carbons (Fsp3) is 0.435. The van der Waals surface area contributed by atoms with Gasteiger partial charge in [-0.2, -0.15) is 0 Å². The number of guanidine groups is 1. The van der Waals surface area contributed by atoms with Gasteiger partial charge >= 0.3 is 0 Å². The summed E-state index contributed by atoms with van der Waals surface area (Å²) < 4.78 is 11.4. The molecule has 1 fully saturated rings. The molecule has 0 heterocycles. The van der Waals surface area contributed by atoms with Crippen molar-refractivity contribution in [1.82, 2.24) is 10.6 Å². The molecule has 5 heteroatoms. The van der Waals surface area contributed by atoms with Crippen LogP contribution in [0.3, 0.4) is 0 Å². The molecule has 5 nitrogen and oxygen atoms in total. The van der Waals surface area contributed by atoms with E-state index in [0.717, 1.165) is 29.8 Å². The highest BCUT2D eigenvalue weighted by Gasteiger charge is 2.22. The van der Waals surface area contributed by atoms with E-state index in [0.29, 0.717) is 19.7 Å². The lowest BCUT2D eigenvalue weighted by molar-refractivity contribution is 0.184. The summed E-state index contributed by atoms with van der Waals surface area (Å²) in [4.78, 5) is 4.35. The minimum atomic E-state index is 0.606. The zero-order valence-corrected chi connectivity index (χ0v) is 17.1. The molecule has 150 valence electrons. The maximum atomic E-state index is 6.07. The Bertz CT molecular complexity index is 800. The molecular weight excluding hydrogens is 350 g/mol. The van der Waals surface area contributed by atoms with E-state index in [1.807, 2.05) is 12.1 Å². The molecule has 0 spiro atoms. The molecule has 1 saturated carbocycles. The first-order valence-electron chi connectivity index (χ1n) is 9.92. The molecule has 2 aromatic rings. The Morgan fingerprint density at radius 3 is 2.43 bits per heavy atom. The first-order valence-corrected chi connectivity index (χ1v) is 9.92. The molecule has 0 amide bonds. The van der Waals surface area contributed by atoms with Crippen LogP contribution in [-0.2, 0) is 24.4 Å². The Kier molecular flexibility index (Phi) is 7.31. The van der Waals surface area contributed by atoms with Crippen LogP contribution in [0.2, 0.25) is 0 Å². The maximum absolute atomic E-state index is 6.07. The summed E-state index contributed by atoms with van der Waals surface area (Å²) in [6, 6.07) is 14.7. The standard InChI is InChI=1S/C23H31N3O2/c1-17-8-11-20(22(12-17)28-15-18-9-10-18)14-26-23(24-2)25-13-19-6-4-5-7-21(19)16-27-3/h4-8,11-12,18H,9-10,13-16H2,1-3H3,(H2,24,25,26). The summed E-state index contributed by atoms with van der Waals surface area (Å²) >= 11 is 0. The fourth-order valence-electron chi connectivity index (χ4n) is 3.04. The lowest BCUT2D eigenvalue weighted by Crippen LogP contribution is -2.36. The predicted octanol–water partition coefficient (Wildman–Crippen LogP) is 3.80. The van der Waals surface area contributed by atoms with Gasteiger partial charge in [0.2, 0.25) is 0 Å². The smallest absolute Gasteiger partial charge is 0.191 e. The molecule has 1 aliphatic rings. The van der Waals surface area contributed by atoms with Crippen molar-refractivity contribution in [2.75, 3.05) is 20.8 Å². The molecular formula is C23H31N3O2. The van der Waals surface area contributed by atoms with Crippen molar-refractivity contribution in [2.45, 2.75) is 39.5 Å². The van der Waals surface area contributed by atoms with Crippen LogP contribution in [0.25, 0.3) is 0 Å². The monoisotopic (exact) mass is 381 g/mol. The summed E-state index contributed by atoms with van der Waals surface area (Å²) in [7, 11) is 3.51. The van der Waals surface area contributed by atoms with E-state index in [1.165, 1.54) is 29.5 Å². The minimum Gasteiger partial charge on any atom is -0.493 e. The molecule has 2 N–H and O–H groups in total. The number of benzene rings is 2. The van der Waals surface area contributed by atoms with Gasteiger partial charge in [-0.1, -0.05) is 36.4 Å². The number of methoxy groups -OCH3 is 1. The summed E-state index contributed by atoms with van der Waals surface area (Å²) in [6.07, 6.45) is 2.58. The van der Waals surface area contributed by atoms with Crippen molar-refractivity contribution in [2.24, 2.45) is 10.9 Å². The Morgan fingerprint density at radius 1 is 1.04 bits per heavy atom. The Labute approximate surface area is 168 Å². The van der Waals surface area contributed by atoms with Crippen molar-refractivity contribution in [3.8, 4) is 5.75 Å². The van der Waals surface area contributed by atoms with Gasteiger partial charge in [0.1, 0.15) is 5.75 Å². The van der Waals surface area contributed by atoms with E-state index in [2.05, 4.69) is 52.9 Å². The van der Waals surface area contributed by atoms with E-state index in [4.69, 9.17) is 9.47 Å². The number of aryl methyl sites for hydroxylation is 1. The van der Waals surface area contributed by atoms with Crippen molar-refractivity contribution in [3.63, 3.8) is 0 Å². The summed E-state index contributed by atoms with van der Waals surface area (Å²) in [5.74, 6) is 2.48. The second-order valence-corrected chi connectivity index (χ2v) is 7.35. The van der Waals surface area contributed by atoms with Gasteiger partial charge in [0.05, 0.1) is 13.2 Å². The number of nitrogens with zero attached hydrogens (tertiary/aromatic N) is 1. The van der Waals surface area contributed by atoms with E-state index in [9.17, 15) is 0 Å². The molecule has 1 aliphatic carbocycles. The molecule has 0 atom stereocenters. The van der Waals surface area contributed by atoms with Crippen LogP contribution in [0.4, 0.5) is 0 Å². The molecule has 0 bridgehead atoms. The van der Waals surface area contributed by atoms with E-state index < -0.39 is 0 Å². The molecule has 0 aliphatic heterocycles. The van der Waals surface area contributed by atoms with Crippen LogP contribution in [0, 0.1) is 12.8 Å². The normalized spacial score (nSPS) is 14.0. The fourth-order valence-corrected chi connectivity index (χ4v) is 3.04. The van der Waals surface area contributed by atoms with Gasteiger partial charge in [0, 0.05) is 32.8 Å². The Balaban J connectivity index is 1.57. The van der Waals surface area contributed by atoms with Crippen LogP contribution in [0.5, 0.6) is 5.75 Å². The van der Waals surface area contributed by atoms with Crippen molar-refractivity contribution < 1.29 is 9.47 Å². The molecule has 0 unspecified atom stereocenters. The quantitative estimate of drug-likeness (QED) is 0.512. The van der Waals surface area contributed by atoms with Gasteiger partial charge in [-0.15, -0.1) is 0 Å². The highest BCUT2D eigenvalue weighted by molar-refractivity contribution is 5.79. The zero-order chi connectivity index (χ0) is 19.8. The Hall–Kier alpha value is -2.53. The summed E-state index contributed by atoms with van der Waals surface area (Å²) in [6.45, 7) is 4.88. The lowest BCUT2D eigenvalue weighted by atomic mass is 10.1. The van der Waals surface area contributed by atoms with Crippen LogP contribution < -0.4 is 15.4 Å². The van der Waals surface area contributed by atoms with Gasteiger partial charge < -0.3 is 20.1 Å². The van der Waals surface area contributed by atoms with Gasteiger partial charge in [0.15, 0.2) is 5.96 Å². The molecule has 2 aromatic carbocycles. The third kappa shape index (κ3) is 5.99. The highest BCUT2D eigenvalue weighted by atomic mass is 16.5. The van der Waals surface area contributed by atoms with E-state index in [-0.39, 0.29) is 0 Å². The van der Waals surface area contributed by atoms with Gasteiger partial charge in [-0.25, -0.2) is 0 Å². The highest BCUT2D eigenvalue weighted by Crippen LogP contribution is 2.30. The number of hydrogen-bond acceptors (Lipinski definition) is 3. The van der Waals surface area contributed by atoms with Crippen molar-refractivity contribution >= 4 is 5.96 Å². The third-order valence-electron chi connectivity index (χ3n) is 4.93. The summed E-state index contributed by atoms with van der Waals surface area (Å²) in [5, 5.41) is 6.79. The predicted molar refractivity (Wildman–Crippen MR) is 114 cm³/mol. The number of aliphatic imine (C=N–C) groups is 1. The number of rotatable bonds is 9. The number of hydrogen-bond donors (Lipinski definition) is 2. The minimum absolute atomic E-state index is 0.606. The van der Waals surface area contributed by atoms with Crippen LogP contribution >= 0.6 is 0 Å². The first-order chi connectivity index (χ1) is 13.7. The van der Waals surface area contributed by atoms with E-state index >= 15 is 0 Å². The topological polar surface area (TPSA) is 54.9 Å². The largest absolute Gasteiger partial charge is 0.493 e. The van der Waals surface area contributed by atoms with Crippen LogP contribution in [0.1, 0.15) is 35.1 Å². The molecule has 28 heavy (non-hydrogen) atoms. The van der Waals surface area contributed by atoms with Gasteiger partial charge in [0.25, 0.3) is 0 Å². The number of nitrogens with one attached hydrogen (secondary N) is 2. The van der Waals surface area contributed by atoms with Crippen LogP contribution in [-0.4, -0.2) is 26.7 Å². The second kappa shape index (κ2) is 10.1. The SMILES string of the molecule is CN=C(NCc1ccccc1COC)NCc1ccc(C)cc1OCC1CC1. The van der Waals surface area contributed by atoms with Crippen molar-refractivity contribution in [1.29, 1.82) is 0 Å². The zero-order valence-electron chi connectivity index (χ0n) is 17.1. The first kappa shape index (κ1) is 20.2. The van der Waals surface area contributed by atoms with Gasteiger partial charge in [-0.3, -0.25) is 4.99 Å². The number of ether oxygens (including phenoxy) is 2. The molecule has 0 saturated heterocycles. The molecule has 3 rings (SSSR count). The van der Waals surface area contributed by atoms with Crippen LogP contribution in [0.15, 0.2) is 47.5 Å². The second-order valence-electron chi connectivity index (χ2n) is 7.35. The maximum Gasteiger partial charge on any atom is 0.191 e. The Morgan fingerprint density at radius 2 is 1.75 bits per heavy atom. The third-order valence-corrected chi connectivity index (χ3v) is 4.93. The molecule has 0 aromatic heterocycles. The van der Waals surface area contributed by atoms with Crippen molar-refractivity contribution in [3.05, 3.63) is 64.7 Å². The average Bonchev–Trinajstić information content (AvgIpc) is 3.53. The average molecular weight is 382 g/mol. The van der Waals surface area contributed by atoms with E-state index in [1.54, 1.807) is 14.2 Å². The summed E-state index contributed by atoms with van der Waals surface area (Å²) in [5.41, 5.74) is 4.75. The van der Waals surface area contributed by atoms with Gasteiger partial charge in [-0.05, 0) is 48.4 Å². The lowest BCUT2D eigenvalue weighted by Gasteiger charge is -2.16.